The molecule has 2 atom stereocenters. The van der Waals surface area contributed by atoms with Gasteiger partial charge in [0.2, 0.25) is 0 Å². The van der Waals surface area contributed by atoms with Crippen LogP contribution < -0.4 is 0 Å². The number of carbonyl (C=O) groups is 1. The molecule has 0 saturated carbocycles. The summed E-state index contributed by atoms with van der Waals surface area (Å²) >= 11 is 0. The van der Waals surface area contributed by atoms with Crippen LogP contribution in [0.2, 0.25) is 0 Å². The van der Waals surface area contributed by atoms with Crippen LogP contribution in [-0.2, 0) is 9.63 Å². The highest BCUT2D eigenvalue weighted by Crippen LogP contribution is 2.54. The number of rotatable bonds is 5. The summed E-state index contributed by atoms with van der Waals surface area (Å²) in [6, 6.07) is -0.255. The zero-order valence-electron chi connectivity index (χ0n) is 15.4. The predicted molar refractivity (Wildman–Crippen MR) is 83.6 cm³/mol. The van der Waals surface area contributed by atoms with Crippen molar-refractivity contribution in [3.05, 3.63) is 0 Å². The summed E-state index contributed by atoms with van der Waals surface area (Å²) in [5.74, 6) is -3.45. The summed E-state index contributed by atoms with van der Waals surface area (Å²) < 4.78 is 42.1. The highest BCUT2D eigenvalue weighted by Gasteiger charge is 2.69. The zero-order valence-corrected chi connectivity index (χ0v) is 15.4. The monoisotopic (exact) mass is 337 g/mol. The Labute approximate surface area is 137 Å². The van der Waals surface area contributed by atoms with Crippen LogP contribution in [0.4, 0.5) is 13.2 Å². The van der Waals surface area contributed by atoms with Crippen LogP contribution in [0.25, 0.3) is 0 Å². The van der Waals surface area contributed by atoms with E-state index in [4.69, 9.17) is 4.84 Å². The van der Waals surface area contributed by atoms with E-state index >= 15 is 0 Å². The Balaban J connectivity index is 3.60. The van der Waals surface area contributed by atoms with Gasteiger partial charge in [0.25, 0.3) is 0 Å². The number of halogens is 3. The van der Waals surface area contributed by atoms with Gasteiger partial charge in [0.15, 0.2) is 11.9 Å². The lowest BCUT2D eigenvalue weighted by Crippen LogP contribution is -2.61. The molecule has 1 heterocycles. The Morgan fingerprint density at radius 2 is 1.43 bits per heavy atom. The van der Waals surface area contributed by atoms with Crippen molar-refractivity contribution >= 4 is 5.78 Å². The topological polar surface area (TPSA) is 29.5 Å². The second-order valence-electron chi connectivity index (χ2n) is 7.72. The van der Waals surface area contributed by atoms with Crippen LogP contribution in [0.1, 0.15) is 55.4 Å². The molecule has 2 unspecified atom stereocenters. The third-order valence-corrected chi connectivity index (χ3v) is 4.93. The molecule has 0 aromatic carbocycles. The summed E-state index contributed by atoms with van der Waals surface area (Å²) in [4.78, 5) is 18.1. The molecule has 0 bridgehead atoms. The number of hydroxylamine groups is 2. The highest BCUT2D eigenvalue weighted by atomic mass is 19.4. The maximum absolute atomic E-state index is 14.0. The normalized spacial score (nSPS) is 26.0. The maximum atomic E-state index is 14.0. The number of alkyl halides is 3. The van der Waals surface area contributed by atoms with Crippen molar-refractivity contribution in [2.24, 2.45) is 23.7 Å². The van der Waals surface area contributed by atoms with Gasteiger partial charge in [0.1, 0.15) is 5.92 Å². The molecule has 0 aromatic rings. The standard InChI is InChI=1S/C17H30F3NO2/c1-9(2)13(22)14-15(17(18,19)20)16(10(3)4,11(5)6)21(23-14)12(7)8/h9-12,14-15H,1-8H3. The zero-order chi connectivity index (χ0) is 18.3. The summed E-state index contributed by atoms with van der Waals surface area (Å²) in [6.07, 6.45) is -5.98. The van der Waals surface area contributed by atoms with Crippen LogP contribution in [0.15, 0.2) is 0 Å². The minimum absolute atomic E-state index is 0.255. The van der Waals surface area contributed by atoms with Gasteiger partial charge in [-0.1, -0.05) is 41.5 Å². The Morgan fingerprint density at radius 3 is 1.70 bits per heavy atom. The number of nitrogens with zero attached hydrogens (tertiary/aromatic N) is 1. The van der Waals surface area contributed by atoms with Gasteiger partial charge < -0.3 is 0 Å². The van der Waals surface area contributed by atoms with E-state index in [1.165, 1.54) is 5.06 Å². The number of hydrogen-bond acceptors (Lipinski definition) is 3. The number of ketones is 1. The molecule has 1 aliphatic heterocycles. The van der Waals surface area contributed by atoms with Gasteiger partial charge >= 0.3 is 6.18 Å². The summed E-state index contributed by atoms with van der Waals surface area (Å²) in [5.41, 5.74) is -1.26. The molecule has 1 rings (SSSR count). The van der Waals surface area contributed by atoms with Gasteiger partial charge in [-0.3, -0.25) is 9.63 Å². The van der Waals surface area contributed by atoms with Crippen molar-refractivity contribution in [2.45, 2.75) is 79.3 Å². The minimum atomic E-state index is -4.51. The molecule has 1 aliphatic rings. The van der Waals surface area contributed by atoms with Crippen LogP contribution in [0.3, 0.4) is 0 Å². The Bertz CT molecular complexity index is 422. The molecule has 23 heavy (non-hydrogen) atoms. The lowest BCUT2D eigenvalue weighted by molar-refractivity contribution is -0.235. The Hall–Kier alpha value is -0.620. The number of Topliss-reactive ketones (excluding diaryl/α,β-unsaturated/α-hetero) is 1. The Morgan fingerprint density at radius 1 is 1.00 bits per heavy atom. The number of hydrogen-bond donors (Lipinski definition) is 0. The van der Waals surface area contributed by atoms with Crippen LogP contribution in [-0.4, -0.2) is 34.7 Å². The predicted octanol–water partition coefficient (Wildman–Crippen LogP) is 4.47. The summed E-state index contributed by atoms with van der Waals surface area (Å²) in [7, 11) is 0. The first-order chi connectivity index (χ1) is 10.3. The smallest absolute Gasteiger partial charge is 0.296 e. The van der Waals surface area contributed by atoms with Crippen LogP contribution in [0.5, 0.6) is 0 Å². The highest BCUT2D eigenvalue weighted by molar-refractivity contribution is 5.85. The van der Waals surface area contributed by atoms with E-state index in [1.807, 2.05) is 0 Å². The largest absolute Gasteiger partial charge is 0.396 e. The summed E-state index contributed by atoms with van der Waals surface area (Å²) in [6.45, 7) is 13.9. The minimum Gasteiger partial charge on any atom is -0.296 e. The number of carbonyl (C=O) groups excluding carboxylic acids is 1. The van der Waals surface area contributed by atoms with Gasteiger partial charge in [0.05, 0.1) is 5.54 Å². The van der Waals surface area contributed by atoms with E-state index in [-0.39, 0.29) is 17.9 Å². The fraction of sp³-hybridized carbons (Fsp3) is 0.941. The second-order valence-corrected chi connectivity index (χ2v) is 7.72. The molecule has 3 nitrogen and oxygen atoms in total. The van der Waals surface area contributed by atoms with E-state index in [9.17, 15) is 18.0 Å². The van der Waals surface area contributed by atoms with Crippen molar-refractivity contribution < 1.29 is 22.8 Å². The van der Waals surface area contributed by atoms with E-state index in [0.29, 0.717) is 0 Å². The van der Waals surface area contributed by atoms with Crippen molar-refractivity contribution in [1.82, 2.24) is 5.06 Å². The van der Waals surface area contributed by atoms with E-state index in [0.717, 1.165) is 0 Å². The van der Waals surface area contributed by atoms with E-state index in [1.54, 1.807) is 55.4 Å². The van der Waals surface area contributed by atoms with E-state index in [2.05, 4.69) is 0 Å². The lowest BCUT2D eigenvalue weighted by atomic mass is 9.65. The first kappa shape index (κ1) is 20.4. The van der Waals surface area contributed by atoms with Crippen molar-refractivity contribution in [3.8, 4) is 0 Å². The first-order valence-electron chi connectivity index (χ1n) is 8.36. The summed E-state index contributed by atoms with van der Waals surface area (Å²) in [5, 5.41) is 1.45. The van der Waals surface area contributed by atoms with E-state index < -0.39 is 35.4 Å². The Kier molecular flexibility index (Phi) is 5.96. The van der Waals surface area contributed by atoms with Gasteiger partial charge in [-0.15, -0.1) is 0 Å². The third kappa shape index (κ3) is 3.29. The molecule has 136 valence electrons. The average Bonchev–Trinajstić information content (AvgIpc) is 2.74. The molecule has 0 spiro atoms. The SMILES string of the molecule is CC(C)C(=O)C1ON(C(C)C)C(C(C)C)(C(C)C)C1C(F)(F)F. The molecule has 0 aromatic heterocycles. The van der Waals surface area contributed by atoms with Crippen LogP contribution in [0, 0.1) is 23.7 Å². The molecular formula is C17H30F3NO2. The quantitative estimate of drug-likeness (QED) is 0.741. The molecule has 6 heteroatoms. The molecule has 0 N–H and O–H groups in total. The van der Waals surface area contributed by atoms with Gasteiger partial charge in [0, 0.05) is 12.0 Å². The van der Waals surface area contributed by atoms with Crippen molar-refractivity contribution in [3.63, 3.8) is 0 Å². The lowest BCUT2D eigenvalue weighted by Gasteiger charge is -2.48. The first-order valence-corrected chi connectivity index (χ1v) is 8.36. The van der Waals surface area contributed by atoms with Gasteiger partial charge in [-0.25, -0.2) is 0 Å². The van der Waals surface area contributed by atoms with Crippen molar-refractivity contribution in [2.75, 3.05) is 0 Å². The molecule has 0 amide bonds. The van der Waals surface area contributed by atoms with Crippen LogP contribution >= 0.6 is 0 Å². The second kappa shape index (κ2) is 6.71. The van der Waals surface area contributed by atoms with Gasteiger partial charge in [-0.05, 0) is 25.7 Å². The van der Waals surface area contributed by atoms with Gasteiger partial charge in [-0.2, -0.15) is 18.2 Å². The maximum Gasteiger partial charge on any atom is 0.396 e. The fourth-order valence-electron chi connectivity index (χ4n) is 4.10. The molecule has 0 aliphatic carbocycles. The molecule has 0 radical (unpaired) electrons. The third-order valence-electron chi connectivity index (χ3n) is 4.93. The molecule has 1 saturated heterocycles. The molecule has 1 fully saturated rings. The van der Waals surface area contributed by atoms with Crippen molar-refractivity contribution in [1.29, 1.82) is 0 Å². The fourth-order valence-corrected chi connectivity index (χ4v) is 4.10. The average molecular weight is 337 g/mol. The molecular weight excluding hydrogens is 307 g/mol.